The van der Waals surface area contributed by atoms with Crippen molar-refractivity contribution in [2.24, 2.45) is 5.92 Å². The summed E-state index contributed by atoms with van der Waals surface area (Å²) < 4.78 is 0. The normalized spacial score (nSPS) is 20.9. The second kappa shape index (κ2) is 7.70. The molecule has 1 aliphatic heterocycles. The van der Waals surface area contributed by atoms with E-state index in [0.717, 1.165) is 32.0 Å². The second-order valence-corrected chi connectivity index (χ2v) is 5.47. The van der Waals surface area contributed by atoms with Gasteiger partial charge in [-0.3, -0.25) is 4.79 Å². The topological polar surface area (TPSA) is 32.3 Å². The summed E-state index contributed by atoms with van der Waals surface area (Å²) in [5, 5.41) is 3.35. The molecule has 0 radical (unpaired) electrons. The number of piperidine rings is 1. The molecule has 17 heavy (non-hydrogen) atoms. The minimum Gasteiger partial charge on any atom is -0.342 e. The molecule has 1 rings (SSSR count). The summed E-state index contributed by atoms with van der Waals surface area (Å²) in [6, 6.07) is 0.518. The number of rotatable bonds is 6. The minimum atomic E-state index is 0.355. The highest BCUT2D eigenvalue weighted by atomic mass is 16.2. The van der Waals surface area contributed by atoms with E-state index in [1.807, 2.05) is 0 Å². The van der Waals surface area contributed by atoms with Crippen molar-refractivity contribution in [3.8, 4) is 0 Å². The van der Waals surface area contributed by atoms with E-state index >= 15 is 0 Å². The highest BCUT2D eigenvalue weighted by molar-refractivity contribution is 5.76. The lowest BCUT2D eigenvalue weighted by atomic mass is 9.95. The van der Waals surface area contributed by atoms with Crippen LogP contribution in [0.5, 0.6) is 0 Å². The van der Waals surface area contributed by atoms with E-state index < -0.39 is 0 Å². The molecule has 0 aromatic carbocycles. The first-order valence-corrected chi connectivity index (χ1v) is 7.14. The van der Waals surface area contributed by atoms with Gasteiger partial charge in [0.05, 0.1) is 0 Å². The number of carbonyl (C=O) groups is 1. The fraction of sp³-hybridized carbons (Fsp3) is 0.929. The fourth-order valence-corrected chi connectivity index (χ4v) is 2.41. The van der Waals surface area contributed by atoms with Gasteiger partial charge in [-0.1, -0.05) is 27.2 Å². The van der Waals surface area contributed by atoms with Gasteiger partial charge in [-0.2, -0.15) is 0 Å². The summed E-state index contributed by atoms with van der Waals surface area (Å²) in [6.07, 6.45) is 5.36. The third-order valence-electron chi connectivity index (χ3n) is 3.57. The zero-order valence-corrected chi connectivity index (χ0v) is 11.7. The third-order valence-corrected chi connectivity index (χ3v) is 3.57. The molecule has 1 fully saturated rings. The Morgan fingerprint density at radius 3 is 2.88 bits per heavy atom. The maximum atomic E-state index is 12.0. The standard InChI is InChI=1S/C14H28N2O/c1-4-13-7-6-10-16(11-13)14(17)8-5-9-15-12(2)3/h12-13,15H,4-11H2,1-3H3. The van der Waals surface area contributed by atoms with E-state index in [2.05, 4.69) is 31.0 Å². The van der Waals surface area contributed by atoms with Gasteiger partial charge in [0.2, 0.25) is 5.91 Å². The fourth-order valence-electron chi connectivity index (χ4n) is 2.41. The number of carbonyl (C=O) groups excluding carboxylic acids is 1. The highest BCUT2D eigenvalue weighted by Crippen LogP contribution is 2.19. The molecule has 1 atom stereocenters. The summed E-state index contributed by atoms with van der Waals surface area (Å²) in [5.41, 5.74) is 0. The van der Waals surface area contributed by atoms with Crippen molar-refractivity contribution in [1.82, 2.24) is 10.2 Å². The summed E-state index contributed by atoms with van der Waals surface area (Å²) in [5.74, 6) is 1.09. The van der Waals surface area contributed by atoms with Gasteiger partial charge in [-0.15, -0.1) is 0 Å². The second-order valence-electron chi connectivity index (χ2n) is 5.47. The molecule has 1 amide bonds. The van der Waals surface area contributed by atoms with Crippen LogP contribution in [-0.2, 0) is 4.79 Å². The average Bonchev–Trinajstić information content (AvgIpc) is 2.34. The Morgan fingerprint density at radius 2 is 2.24 bits per heavy atom. The Labute approximate surface area is 106 Å². The minimum absolute atomic E-state index is 0.355. The van der Waals surface area contributed by atoms with Gasteiger partial charge in [-0.25, -0.2) is 0 Å². The Hall–Kier alpha value is -0.570. The molecule has 1 heterocycles. The zero-order valence-electron chi connectivity index (χ0n) is 11.7. The van der Waals surface area contributed by atoms with Gasteiger partial charge >= 0.3 is 0 Å². The molecular formula is C14H28N2O. The Kier molecular flexibility index (Phi) is 6.56. The third kappa shape index (κ3) is 5.53. The largest absolute Gasteiger partial charge is 0.342 e. The lowest BCUT2D eigenvalue weighted by Crippen LogP contribution is -2.40. The first-order chi connectivity index (χ1) is 8.13. The van der Waals surface area contributed by atoms with E-state index in [9.17, 15) is 4.79 Å². The average molecular weight is 240 g/mol. The van der Waals surface area contributed by atoms with Crippen molar-refractivity contribution in [3.63, 3.8) is 0 Å². The van der Waals surface area contributed by atoms with Crippen LogP contribution in [0.15, 0.2) is 0 Å². The molecule has 0 aromatic heterocycles. The van der Waals surface area contributed by atoms with Gasteiger partial charge in [0.1, 0.15) is 0 Å². The number of nitrogens with one attached hydrogen (secondary N) is 1. The van der Waals surface area contributed by atoms with Crippen LogP contribution in [0.25, 0.3) is 0 Å². The number of hydrogen-bond acceptors (Lipinski definition) is 2. The van der Waals surface area contributed by atoms with Crippen molar-refractivity contribution in [3.05, 3.63) is 0 Å². The molecule has 0 saturated carbocycles. The van der Waals surface area contributed by atoms with Crippen LogP contribution in [0.4, 0.5) is 0 Å². The van der Waals surface area contributed by atoms with Crippen molar-refractivity contribution >= 4 is 5.91 Å². The maximum absolute atomic E-state index is 12.0. The summed E-state index contributed by atoms with van der Waals surface area (Å²) in [6.45, 7) is 9.43. The quantitative estimate of drug-likeness (QED) is 0.723. The van der Waals surface area contributed by atoms with E-state index in [1.54, 1.807) is 0 Å². The molecule has 1 aliphatic rings. The van der Waals surface area contributed by atoms with Gasteiger partial charge in [-0.05, 0) is 31.7 Å². The van der Waals surface area contributed by atoms with Crippen LogP contribution in [0.1, 0.15) is 52.9 Å². The predicted octanol–water partition coefficient (Wildman–Crippen LogP) is 2.41. The monoisotopic (exact) mass is 240 g/mol. The van der Waals surface area contributed by atoms with Crippen LogP contribution in [0, 0.1) is 5.92 Å². The predicted molar refractivity (Wildman–Crippen MR) is 72.0 cm³/mol. The molecule has 1 unspecified atom stereocenters. The van der Waals surface area contributed by atoms with Gasteiger partial charge in [0, 0.05) is 25.6 Å². The molecule has 0 aromatic rings. The van der Waals surface area contributed by atoms with Crippen molar-refractivity contribution in [1.29, 1.82) is 0 Å². The SMILES string of the molecule is CCC1CCCN(C(=O)CCCNC(C)C)C1. The zero-order chi connectivity index (χ0) is 12.7. The van der Waals surface area contributed by atoms with Crippen LogP contribution in [-0.4, -0.2) is 36.5 Å². The maximum Gasteiger partial charge on any atom is 0.222 e. The van der Waals surface area contributed by atoms with Crippen LogP contribution < -0.4 is 5.32 Å². The molecular weight excluding hydrogens is 212 g/mol. The number of nitrogens with zero attached hydrogens (tertiary/aromatic N) is 1. The molecule has 0 bridgehead atoms. The number of likely N-dealkylation sites (tertiary alicyclic amines) is 1. The lowest BCUT2D eigenvalue weighted by molar-refractivity contribution is -0.133. The highest BCUT2D eigenvalue weighted by Gasteiger charge is 2.21. The Bertz CT molecular complexity index is 228. The van der Waals surface area contributed by atoms with Crippen LogP contribution >= 0.6 is 0 Å². The van der Waals surface area contributed by atoms with Crippen molar-refractivity contribution in [2.75, 3.05) is 19.6 Å². The lowest BCUT2D eigenvalue weighted by Gasteiger charge is -2.32. The Balaban J connectivity index is 2.18. The number of amides is 1. The molecule has 1 saturated heterocycles. The number of hydrogen-bond donors (Lipinski definition) is 1. The van der Waals surface area contributed by atoms with Crippen LogP contribution in [0.2, 0.25) is 0 Å². The molecule has 3 nitrogen and oxygen atoms in total. The summed E-state index contributed by atoms with van der Waals surface area (Å²) in [7, 11) is 0. The first-order valence-electron chi connectivity index (χ1n) is 7.14. The molecule has 0 spiro atoms. The first kappa shape index (κ1) is 14.5. The van der Waals surface area contributed by atoms with E-state index in [4.69, 9.17) is 0 Å². The van der Waals surface area contributed by atoms with E-state index in [1.165, 1.54) is 19.3 Å². The van der Waals surface area contributed by atoms with Gasteiger partial charge < -0.3 is 10.2 Å². The van der Waals surface area contributed by atoms with Crippen molar-refractivity contribution < 1.29 is 4.79 Å². The molecule has 1 N–H and O–H groups in total. The molecule has 100 valence electrons. The van der Waals surface area contributed by atoms with Crippen LogP contribution in [0.3, 0.4) is 0 Å². The van der Waals surface area contributed by atoms with Gasteiger partial charge in [0.25, 0.3) is 0 Å². The van der Waals surface area contributed by atoms with E-state index in [-0.39, 0.29) is 0 Å². The molecule has 3 heteroatoms. The summed E-state index contributed by atoms with van der Waals surface area (Å²) in [4.78, 5) is 14.1. The molecule has 0 aliphatic carbocycles. The summed E-state index contributed by atoms with van der Waals surface area (Å²) >= 11 is 0. The van der Waals surface area contributed by atoms with E-state index in [0.29, 0.717) is 18.4 Å². The Morgan fingerprint density at radius 1 is 1.47 bits per heavy atom. The van der Waals surface area contributed by atoms with Crippen molar-refractivity contribution in [2.45, 2.75) is 58.9 Å². The smallest absolute Gasteiger partial charge is 0.222 e. The van der Waals surface area contributed by atoms with Gasteiger partial charge in [0.15, 0.2) is 0 Å².